The Hall–Kier alpha value is -2.43. The lowest BCUT2D eigenvalue weighted by molar-refractivity contribution is 0.272. The molecule has 9 nitrogen and oxygen atoms in total. The van der Waals surface area contributed by atoms with E-state index in [0.29, 0.717) is 5.02 Å². The van der Waals surface area contributed by atoms with Crippen LogP contribution in [0.5, 0.6) is 0 Å². The number of aromatic amines is 1. The van der Waals surface area contributed by atoms with E-state index >= 15 is 0 Å². The Labute approximate surface area is 140 Å². The second-order valence-corrected chi connectivity index (χ2v) is 7.13. The molecule has 0 atom stereocenters. The average molecular weight is 370 g/mol. The van der Waals surface area contributed by atoms with Gasteiger partial charge in [-0.05, 0) is 24.3 Å². The molecule has 0 unspecified atom stereocenters. The van der Waals surface area contributed by atoms with Crippen molar-refractivity contribution in [2.75, 3.05) is 12.3 Å². The molecule has 126 valence electrons. The van der Waals surface area contributed by atoms with E-state index in [1.165, 1.54) is 24.3 Å². The summed E-state index contributed by atoms with van der Waals surface area (Å²) in [6.45, 7) is -0.489. The summed E-state index contributed by atoms with van der Waals surface area (Å²) in [6, 6.07) is 5.51. The van der Waals surface area contributed by atoms with Gasteiger partial charge in [0.1, 0.15) is 0 Å². The molecule has 0 aliphatic rings. The fourth-order valence-electron chi connectivity index (χ4n) is 2.23. The molecule has 0 bridgehead atoms. The first kappa shape index (κ1) is 16.4. The van der Waals surface area contributed by atoms with Crippen LogP contribution in [0, 0.1) is 0 Å². The quantitative estimate of drug-likeness (QED) is 0.594. The Morgan fingerprint density at radius 1 is 1.25 bits per heavy atom. The van der Waals surface area contributed by atoms with E-state index in [1.54, 1.807) is 0 Å². The number of sulfone groups is 1. The summed E-state index contributed by atoms with van der Waals surface area (Å²) in [5.41, 5.74) is 4.64. The second-order valence-electron chi connectivity index (χ2n) is 4.85. The first-order valence-corrected chi connectivity index (χ1v) is 8.58. The molecule has 0 spiro atoms. The smallest absolute Gasteiger partial charge is 0.280 e. The molecule has 0 amide bonds. The number of nitrogen functional groups attached to an aromatic ring is 1. The van der Waals surface area contributed by atoms with Crippen LogP contribution in [0.3, 0.4) is 0 Å². The molecule has 2 aromatic heterocycles. The van der Waals surface area contributed by atoms with E-state index in [2.05, 4.69) is 15.0 Å². The van der Waals surface area contributed by atoms with Crippen LogP contribution in [0.25, 0.3) is 11.2 Å². The lowest BCUT2D eigenvalue weighted by Gasteiger charge is -2.08. The highest BCUT2D eigenvalue weighted by atomic mass is 35.5. The van der Waals surface area contributed by atoms with Crippen molar-refractivity contribution in [3.05, 3.63) is 39.6 Å². The minimum atomic E-state index is -4.05. The standard InChI is InChI=1S/C13H12ClN5O4S/c14-7-1-3-8(4-2-7)24(22,23)13-16-9-10(19(13)5-6-20)17-12(15)18-11(9)21/h1-4,20H,5-6H2,(H3,15,17,18,21). The third-order valence-electron chi connectivity index (χ3n) is 3.28. The van der Waals surface area contributed by atoms with E-state index in [4.69, 9.17) is 17.3 Å². The number of nitrogens with two attached hydrogens (primary N) is 1. The number of aliphatic hydroxyl groups excluding tert-OH is 1. The van der Waals surface area contributed by atoms with Crippen LogP contribution in [0.1, 0.15) is 0 Å². The number of nitrogens with one attached hydrogen (secondary N) is 1. The van der Waals surface area contributed by atoms with Crippen molar-refractivity contribution in [1.82, 2.24) is 19.5 Å². The highest BCUT2D eigenvalue weighted by molar-refractivity contribution is 7.91. The van der Waals surface area contributed by atoms with Crippen molar-refractivity contribution >= 4 is 38.6 Å². The van der Waals surface area contributed by atoms with Crippen molar-refractivity contribution in [1.29, 1.82) is 0 Å². The van der Waals surface area contributed by atoms with Crippen LogP contribution in [-0.4, -0.2) is 39.7 Å². The number of fused-ring (bicyclic) bond motifs is 1. The first-order chi connectivity index (χ1) is 11.3. The number of imidazole rings is 1. The summed E-state index contributed by atoms with van der Waals surface area (Å²) in [5, 5.41) is 9.20. The predicted octanol–water partition coefficient (Wildman–Crippen LogP) is 0.180. The Balaban J connectivity index is 2.32. The zero-order chi connectivity index (χ0) is 17.5. The van der Waals surface area contributed by atoms with Crippen LogP contribution in [0.15, 0.2) is 39.1 Å². The molecule has 3 aromatic rings. The normalized spacial score (nSPS) is 11.9. The topological polar surface area (TPSA) is 144 Å². The van der Waals surface area contributed by atoms with Gasteiger partial charge in [0.2, 0.25) is 20.9 Å². The Morgan fingerprint density at radius 3 is 2.54 bits per heavy atom. The van der Waals surface area contributed by atoms with Crippen molar-refractivity contribution in [3.63, 3.8) is 0 Å². The molecule has 24 heavy (non-hydrogen) atoms. The number of hydrogen-bond donors (Lipinski definition) is 3. The molecule has 3 rings (SSSR count). The average Bonchev–Trinajstić information content (AvgIpc) is 2.88. The molecule has 0 radical (unpaired) electrons. The molecule has 0 fully saturated rings. The first-order valence-electron chi connectivity index (χ1n) is 6.72. The zero-order valence-electron chi connectivity index (χ0n) is 12.1. The molecular weight excluding hydrogens is 358 g/mol. The van der Waals surface area contributed by atoms with Gasteiger partial charge >= 0.3 is 0 Å². The van der Waals surface area contributed by atoms with E-state index in [-0.39, 0.29) is 35.2 Å². The minimum Gasteiger partial charge on any atom is -0.395 e. The van der Waals surface area contributed by atoms with E-state index in [9.17, 15) is 18.3 Å². The number of H-pyrrole nitrogens is 1. The van der Waals surface area contributed by atoms with Crippen LogP contribution in [0.2, 0.25) is 5.02 Å². The monoisotopic (exact) mass is 369 g/mol. The number of rotatable bonds is 4. The highest BCUT2D eigenvalue weighted by Gasteiger charge is 2.27. The largest absolute Gasteiger partial charge is 0.395 e. The van der Waals surface area contributed by atoms with Gasteiger partial charge in [-0.15, -0.1) is 0 Å². The van der Waals surface area contributed by atoms with E-state index < -0.39 is 20.6 Å². The fraction of sp³-hybridized carbons (Fsp3) is 0.154. The van der Waals surface area contributed by atoms with Gasteiger partial charge in [0.05, 0.1) is 11.5 Å². The maximum Gasteiger partial charge on any atom is 0.280 e. The van der Waals surface area contributed by atoms with Gasteiger partial charge in [-0.2, -0.15) is 4.98 Å². The third-order valence-corrected chi connectivity index (χ3v) is 5.21. The molecule has 0 aliphatic heterocycles. The SMILES string of the molecule is Nc1nc2c(nc(S(=O)(=O)c3ccc(Cl)cc3)n2CCO)c(=O)[nH]1. The molecule has 0 saturated carbocycles. The van der Waals surface area contributed by atoms with Crippen LogP contribution in [-0.2, 0) is 16.4 Å². The van der Waals surface area contributed by atoms with Crippen molar-refractivity contribution in [2.24, 2.45) is 0 Å². The van der Waals surface area contributed by atoms with Crippen molar-refractivity contribution < 1.29 is 13.5 Å². The van der Waals surface area contributed by atoms with E-state index in [1.807, 2.05) is 0 Å². The predicted molar refractivity (Wildman–Crippen MR) is 86.6 cm³/mol. The molecule has 0 saturated heterocycles. The van der Waals surface area contributed by atoms with Gasteiger partial charge in [0.25, 0.3) is 5.56 Å². The zero-order valence-corrected chi connectivity index (χ0v) is 13.7. The van der Waals surface area contributed by atoms with Gasteiger partial charge in [-0.25, -0.2) is 13.4 Å². The molecule has 0 aliphatic carbocycles. The van der Waals surface area contributed by atoms with Gasteiger partial charge in [0.15, 0.2) is 11.2 Å². The van der Waals surface area contributed by atoms with Crippen LogP contribution in [0.4, 0.5) is 5.95 Å². The second kappa shape index (κ2) is 5.89. The number of hydrogen-bond acceptors (Lipinski definition) is 7. The number of aromatic nitrogens is 4. The minimum absolute atomic E-state index is 0.0159. The molecule has 1 aromatic carbocycles. The maximum atomic E-state index is 12.8. The number of aliphatic hydroxyl groups is 1. The molecule has 2 heterocycles. The fourth-order valence-corrected chi connectivity index (χ4v) is 3.74. The van der Waals surface area contributed by atoms with Crippen LogP contribution >= 0.6 is 11.6 Å². The summed E-state index contributed by atoms with van der Waals surface area (Å²) in [6.07, 6.45) is 0. The number of halogens is 1. The Bertz CT molecular complexity index is 1070. The Kier molecular flexibility index (Phi) is 4.03. The van der Waals surface area contributed by atoms with Gasteiger partial charge < -0.3 is 10.8 Å². The number of nitrogens with zero attached hydrogens (tertiary/aromatic N) is 3. The number of benzene rings is 1. The van der Waals surface area contributed by atoms with Crippen molar-refractivity contribution in [2.45, 2.75) is 16.6 Å². The summed E-state index contributed by atoms with van der Waals surface area (Å²) in [7, 11) is -4.05. The lowest BCUT2D eigenvalue weighted by atomic mass is 10.4. The van der Waals surface area contributed by atoms with Gasteiger partial charge in [-0.1, -0.05) is 11.6 Å². The van der Waals surface area contributed by atoms with Crippen LogP contribution < -0.4 is 11.3 Å². The summed E-state index contributed by atoms with van der Waals surface area (Å²) in [4.78, 5) is 22.0. The van der Waals surface area contributed by atoms with Gasteiger partial charge in [0, 0.05) is 11.6 Å². The molecule has 4 N–H and O–H groups in total. The maximum absolute atomic E-state index is 12.8. The van der Waals surface area contributed by atoms with Crippen molar-refractivity contribution in [3.8, 4) is 0 Å². The van der Waals surface area contributed by atoms with E-state index in [0.717, 1.165) is 4.57 Å². The highest BCUT2D eigenvalue weighted by Crippen LogP contribution is 2.24. The molecule has 11 heteroatoms. The summed E-state index contributed by atoms with van der Waals surface area (Å²) < 4.78 is 26.8. The number of anilines is 1. The summed E-state index contributed by atoms with van der Waals surface area (Å²) in [5.74, 6) is -0.179. The Morgan fingerprint density at radius 2 is 1.92 bits per heavy atom. The lowest BCUT2D eigenvalue weighted by Crippen LogP contribution is -2.14. The van der Waals surface area contributed by atoms with Gasteiger partial charge in [-0.3, -0.25) is 14.3 Å². The summed E-state index contributed by atoms with van der Waals surface area (Å²) >= 11 is 5.77. The molecular formula is C13H12ClN5O4S. The third kappa shape index (κ3) is 2.64.